The molecule has 432 valence electrons. The Bertz CT molecular complexity index is 1930. The summed E-state index contributed by atoms with van der Waals surface area (Å²) in [6, 6.07) is 0. The molecule has 0 saturated carbocycles. The van der Waals surface area contributed by atoms with Crippen molar-refractivity contribution in [2.75, 3.05) is 0 Å². The van der Waals surface area contributed by atoms with E-state index in [0.717, 1.165) is 0 Å². The van der Waals surface area contributed by atoms with Crippen molar-refractivity contribution in [1.82, 2.24) is 0 Å². The van der Waals surface area contributed by atoms with Crippen LogP contribution in [0.4, 0.5) is 0 Å². The van der Waals surface area contributed by atoms with Gasteiger partial charge in [-0.15, -0.1) is 11.8 Å². The molecule has 0 saturated heterocycles. The summed E-state index contributed by atoms with van der Waals surface area (Å²) >= 11 is 13.6. The molecule has 0 nitrogen and oxygen atoms in total. The zero-order chi connectivity index (χ0) is 84.1. The monoisotopic (exact) mass is 1430 g/mol. The van der Waals surface area contributed by atoms with Crippen LogP contribution in [0.3, 0.4) is 0 Å². The first kappa shape index (κ1) is 114. The zero-order valence-corrected chi connectivity index (χ0v) is 86.7. The highest BCUT2D eigenvalue weighted by Gasteiger charge is 2.70. The predicted octanol–water partition coefficient (Wildman–Crippen LogP) is -65.6. The van der Waals surface area contributed by atoms with E-state index >= 15 is 0 Å². The molecule has 0 amide bonds. The largest absolute Gasteiger partial charge is 0.109 e. The fourth-order valence-corrected chi connectivity index (χ4v) is 40.0. The van der Waals surface area contributed by atoms with Gasteiger partial charge in [0.25, 0.3) is 0 Å². The van der Waals surface area contributed by atoms with Crippen LogP contribution >= 0.6 is 25.5 Å². The minimum atomic E-state index is -3.02. The normalized spacial score (nSPS) is 10.5. The van der Waals surface area contributed by atoms with Crippen molar-refractivity contribution in [3.63, 3.8) is 0 Å². The van der Waals surface area contributed by atoms with Gasteiger partial charge in [0, 0.05) is 314 Å². The maximum absolute atomic E-state index is 9.88. The maximum Gasteiger partial charge on any atom is 0.0888 e. The number of hydrogen-bond donors (Lipinski definition) is 0. The molecule has 0 bridgehead atoms. The first-order valence-corrected chi connectivity index (χ1v) is 53.2. The average Bonchev–Trinajstić information content (AvgIpc) is 0.703. The summed E-state index contributed by atoms with van der Waals surface area (Å²) in [4.78, 5) is 0. The minimum absolute atomic E-state index is 0.279. The first-order chi connectivity index (χ1) is 48.1. The van der Waals surface area contributed by atoms with E-state index in [1.54, 1.807) is 0 Å². The van der Waals surface area contributed by atoms with Gasteiger partial charge in [-0.1, -0.05) is 25.5 Å². The minimum Gasteiger partial charge on any atom is -0.109 e. The summed E-state index contributed by atoms with van der Waals surface area (Å²) in [7, 11) is 144. The summed E-state index contributed by atoms with van der Waals surface area (Å²) in [6.07, 6.45) is 24.0. The molecule has 0 aliphatic heterocycles. The lowest BCUT2D eigenvalue weighted by Gasteiger charge is -2.61. The van der Waals surface area contributed by atoms with Crippen molar-refractivity contribution in [3.8, 4) is 0 Å². The number of halogens is 1. The summed E-state index contributed by atoms with van der Waals surface area (Å²) < 4.78 is -3.02. The van der Waals surface area contributed by atoms with E-state index in [2.05, 4.69) is 424 Å². The molecule has 0 fully saturated rings. The zero-order valence-electron chi connectivity index (χ0n) is 82.8. The molecule has 0 aliphatic rings. The van der Waals surface area contributed by atoms with Gasteiger partial charge in [-0.2, -0.15) is 0 Å². The molecule has 1 atom stereocenters. The summed E-state index contributed by atoms with van der Waals surface area (Å²) in [5, 5.41) is 0. The standard InChI is InChI=1S/B103H105IPS/c1-53-79(52)92(78(50)51)99(93(80(54(2)3)55(4)5)81(56(6)7)57(8)9)102(98(90(74(42)43)75(44)45)91(76(46)47)77(48)49)105(104,106)103(100(94(82(58(10)11)59(12)13)83(60(14)15)61(16)17)95(84(62(18)19)63(20)21)85(64(22)23)65(24)25)101(96(86(66(26)27)67(28)29)87(68(30)31)69(32)33)97(88(70(34)35)71(36)37)89(72(38)39)73(40)41/h53H,1-52H2. The highest BCUT2D eigenvalue weighted by Crippen LogP contribution is 2.64. The Labute approximate surface area is 756 Å². The molecule has 0 aliphatic carbocycles. The molecule has 106 heteroatoms. The van der Waals surface area contributed by atoms with Crippen molar-refractivity contribution in [2.24, 2.45) is 0 Å². The molecule has 0 aromatic rings. The van der Waals surface area contributed by atoms with Crippen molar-refractivity contribution in [3.05, 3.63) is 0 Å². The molecule has 0 heterocycles. The number of hydrogen-bond acceptors (Lipinski definition) is 1. The smallest absolute Gasteiger partial charge is 0.0888 e. The molecule has 1 unspecified atom stereocenters. The SMILES string of the molecule is BBB(B)B(B(B)B)B(B(B(B(B)B)B(B)B)B(B(B)B)B(B)B)B(B(B(B(B)B)B(B)B)B(B(B)B)B(B)B)P(=S)(I)B(B(B(B(B(B)B)B(B)B)B(B(B)B)B(B)B)B(B(B(B)B)B(B)B)B(B(B)B)B(B)B)B(B(B(B(B)B)B(B)B)B(B(B)B)B(B)B)B(B(B(B)B)B(B)B)B(B(B)B)B(B)B. The van der Waals surface area contributed by atoms with E-state index in [1.165, 1.54) is 7.06 Å². The fraction of sp³-hybridized carbons (Fsp3) is 0. The van der Waals surface area contributed by atoms with Crippen molar-refractivity contribution in [1.29, 1.82) is 0 Å². The Morgan fingerprint density at radius 3 is 0.330 bits per heavy atom. The van der Waals surface area contributed by atoms with Gasteiger partial charge in [-0.3, -0.25) is 0 Å². The van der Waals surface area contributed by atoms with E-state index in [-0.39, 0.29) is 6.21 Å². The van der Waals surface area contributed by atoms with Crippen LogP contribution in [0.15, 0.2) is 0 Å². The van der Waals surface area contributed by atoms with Gasteiger partial charge in [-0.05, 0) is 0 Å². The van der Waals surface area contributed by atoms with E-state index in [9.17, 15) is 11.8 Å². The third-order valence-electron chi connectivity index (χ3n) is 30.9. The van der Waals surface area contributed by atoms with E-state index in [1.807, 2.05) is 0 Å². The summed E-state index contributed by atoms with van der Waals surface area (Å²) in [6.45, 7) is 0. The van der Waals surface area contributed by atoms with Gasteiger partial charge in [0.15, 0.2) is 0 Å². The van der Waals surface area contributed by atoms with Crippen molar-refractivity contribution < 1.29 is 0 Å². The van der Waals surface area contributed by atoms with Crippen LogP contribution in [-0.4, -0.2) is 728 Å². The average molecular weight is 1410 g/mol. The third-order valence-corrected chi connectivity index (χ3v) is 39.3. The van der Waals surface area contributed by atoms with Crippen LogP contribution in [0, 0.1) is 0 Å². The van der Waals surface area contributed by atoms with Crippen LogP contribution in [0.1, 0.15) is 0 Å². The van der Waals surface area contributed by atoms with Gasteiger partial charge in [0.2, 0.25) is 0 Å². The predicted molar refractivity (Wildman–Crippen MR) is 767 cm³/mol. The highest BCUT2D eigenvalue weighted by atomic mass is 127. The van der Waals surface area contributed by atoms with Crippen LogP contribution in [0.5, 0.6) is 0 Å². The molecule has 106 heavy (non-hydrogen) atoms. The lowest BCUT2D eigenvalue weighted by atomic mass is 8.26. The Morgan fingerprint density at radius 1 is 0.151 bits per heavy atom. The molecule has 0 aromatic heterocycles. The molecular weight excluding hydrogens is 1300 g/mol. The second-order valence-electron chi connectivity index (χ2n) is 46.8. The Morgan fingerprint density at radius 2 is 0.236 bits per heavy atom. The lowest BCUT2D eigenvalue weighted by molar-refractivity contribution is 3.18. The van der Waals surface area contributed by atoms with Gasteiger partial charge in [0.05, 0.1) is 415 Å². The van der Waals surface area contributed by atoms with E-state index < -0.39 is 3.44 Å². The van der Waals surface area contributed by atoms with E-state index in [4.69, 9.17) is 0 Å². The van der Waals surface area contributed by atoms with Crippen LogP contribution in [0.2, 0.25) is 0 Å². The Kier molecular flexibility index (Phi) is 56.1. The Hall–Kier alpha value is 8.07. The van der Waals surface area contributed by atoms with Gasteiger partial charge >= 0.3 is 0 Å². The summed E-state index contributed by atoms with van der Waals surface area (Å²) in [5.41, 5.74) is 0. The summed E-state index contributed by atoms with van der Waals surface area (Å²) in [5.74, 6) is 0. The molecule has 0 radical (unpaired) electrons. The van der Waals surface area contributed by atoms with E-state index in [0.29, 0.717) is 313 Å². The molecule has 0 spiro atoms. The van der Waals surface area contributed by atoms with Crippen LogP contribution < -0.4 is 0 Å². The first-order valence-electron chi connectivity index (χ1n) is 47.4. The molecule has 0 rings (SSSR count). The molecule has 0 N–H and O–H groups in total. The third kappa shape index (κ3) is 30.2. The van der Waals surface area contributed by atoms with Crippen molar-refractivity contribution in [2.45, 2.75) is 0 Å². The van der Waals surface area contributed by atoms with Gasteiger partial charge < -0.3 is 0 Å². The molecule has 0 aromatic carbocycles. The van der Waals surface area contributed by atoms with Crippen LogP contribution in [0.25, 0.3) is 0 Å². The fourth-order valence-electron chi connectivity index (χ4n) is 30.0. The quantitative estimate of drug-likeness (QED) is 0.0332. The highest BCUT2D eigenvalue weighted by molar-refractivity contribution is 14.2. The Balaban J connectivity index is 14.7. The number of rotatable bonds is 51. The topological polar surface area (TPSA) is 0 Å². The lowest BCUT2D eigenvalue weighted by Crippen LogP contribution is -2.96. The van der Waals surface area contributed by atoms with Crippen molar-refractivity contribution >= 4 is 766 Å². The second-order valence-corrected chi connectivity index (χ2v) is 57.8. The van der Waals surface area contributed by atoms with Gasteiger partial charge in [-0.25, -0.2) is 0 Å². The second kappa shape index (κ2) is 52.1. The van der Waals surface area contributed by atoms with Crippen LogP contribution in [-0.2, 0) is 11.8 Å². The molecular formula is H105B103IPS. The maximum atomic E-state index is 9.88. The van der Waals surface area contributed by atoms with Gasteiger partial charge in [0.1, 0.15) is 0 Å².